The molecule has 0 radical (unpaired) electrons. The van der Waals surface area contributed by atoms with Crippen LogP contribution in [-0.2, 0) is 16.4 Å². The highest BCUT2D eigenvalue weighted by atomic mass is 35.5. The lowest BCUT2D eigenvalue weighted by molar-refractivity contribution is 0.247. The number of fused-ring (bicyclic) bond motifs is 1. The summed E-state index contributed by atoms with van der Waals surface area (Å²) in [6.45, 7) is 5.02. The highest BCUT2D eigenvalue weighted by Gasteiger charge is 2.31. The Balaban J connectivity index is 1.48. The van der Waals surface area contributed by atoms with Crippen LogP contribution in [0.25, 0.3) is 0 Å². The second-order valence-corrected chi connectivity index (χ2v) is 9.77. The zero-order valence-corrected chi connectivity index (χ0v) is 18.4. The Morgan fingerprint density at radius 2 is 1.83 bits per heavy atom. The molecule has 0 unspecified atom stereocenters. The third-order valence-electron chi connectivity index (χ3n) is 5.57. The number of rotatable bonds is 4. The van der Waals surface area contributed by atoms with E-state index in [4.69, 9.17) is 11.6 Å². The van der Waals surface area contributed by atoms with Gasteiger partial charge in [-0.25, -0.2) is 13.2 Å². The predicted molar refractivity (Wildman–Crippen MR) is 119 cm³/mol. The Morgan fingerprint density at radius 1 is 1.07 bits per heavy atom. The van der Waals surface area contributed by atoms with Gasteiger partial charge < -0.3 is 10.2 Å². The van der Waals surface area contributed by atoms with Crippen molar-refractivity contribution in [1.29, 1.82) is 0 Å². The van der Waals surface area contributed by atoms with E-state index in [0.29, 0.717) is 50.7 Å². The van der Waals surface area contributed by atoms with E-state index in [2.05, 4.69) is 10.2 Å². The van der Waals surface area contributed by atoms with E-state index in [1.54, 1.807) is 23.1 Å². The smallest absolute Gasteiger partial charge is 0.321 e. The molecule has 30 heavy (non-hydrogen) atoms. The molecule has 2 amide bonds. The number of nitrogens with zero attached hydrogens (tertiary/aromatic N) is 3. The third kappa shape index (κ3) is 3.99. The first-order valence-electron chi connectivity index (χ1n) is 10.1. The largest absolute Gasteiger partial charge is 0.369 e. The minimum atomic E-state index is -3.58. The van der Waals surface area contributed by atoms with Gasteiger partial charge in [-0.2, -0.15) is 4.31 Å². The number of halogens is 1. The summed E-state index contributed by atoms with van der Waals surface area (Å²) >= 11 is 6.08. The molecule has 1 N–H and O–H groups in total. The lowest BCUT2D eigenvalue weighted by Gasteiger charge is -2.35. The topological polar surface area (TPSA) is 73.0 Å². The summed E-state index contributed by atoms with van der Waals surface area (Å²) < 4.78 is 27.9. The Bertz CT molecular complexity index is 1050. The average molecular weight is 449 g/mol. The first kappa shape index (κ1) is 21.0. The van der Waals surface area contributed by atoms with Gasteiger partial charge in [0.2, 0.25) is 10.0 Å². The third-order valence-corrected chi connectivity index (χ3v) is 7.70. The molecule has 160 valence electrons. The summed E-state index contributed by atoms with van der Waals surface area (Å²) in [5.74, 6) is 0. The fourth-order valence-corrected chi connectivity index (χ4v) is 5.66. The summed E-state index contributed by atoms with van der Waals surface area (Å²) in [6, 6.07) is 12.5. The van der Waals surface area contributed by atoms with Crippen LogP contribution in [0.4, 0.5) is 16.2 Å². The van der Waals surface area contributed by atoms with E-state index in [1.165, 1.54) is 4.31 Å². The number of piperazine rings is 1. The van der Waals surface area contributed by atoms with E-state index in [9.17, 15) is 13.2 Å². The first-order valence-corrected chi connectivity index (χ1v) is 11.9. The maximum Gasteiger partial charge on any atom is 0.321 e. The highest BCUT2D eigenvalue weighted by molar-refractivity contribution is 7.89. The first-order chi connectivity index (χ1) is 14.4. The molecule has 2 aromatic carbocycles. The number of carbonyl (C=O) groups excluding carboxylic acids is 1. The maximum atomic E-state index is 13.2. The Morgan fingerprint density at radius 3 is 2.53 bits per heavy atom. The molecule has 0 aliphatic carbocycles. The molecule has 2 aliphatic heterocycles. The van der Waals surface area contributed by atoms with E-state index in [-0.39, 0.29) is 10.9 Å². The molecule has 0 atom stereocenters. The van der Waals surface area contributed by atoms with E-state index in [1.807, 2.05) is 31.2 Å². The van der Waals surface area contributed by atoms with Crippen LogP contribution in [0.3, 0.4) is 0 Å². The van der Waals surface area contributed by atoms with Crippen molar-refractivity contribution in [3.8, 4) is 0 Å². The normalized spacial score (nSPS) is 17.1. The molecule has 0 spiro atoms. The fourth-order valence-electron chi connectivity index (χ4n) is 4.00. The van der Waals surface area contributed by atoms with Crippen molar-refractivity contribution in [3.05, 3.63) is 53.1 Å². The minimum absolute atomic E-state index is 0.149. The van der Waals surface area contributed by atoms with E-state index in [0.717, 1.165) is 16.9 Å². The molecule has 7 nitrogen and oxygen atoms in total. The molecular formula is C21H25ClN4O3S. The lowest BCUT2D eigenvalue weighted by Crippen LogP contribution is -2.48. The van der Waals surface area contributed by atoms with Gasteiger partial charge in [0.25, 0.3) is 0 Å². The summed E-state index contributed by atoms with van der Waals surface area (Å²) in [5.41, 5.74) is 2.67. The van der Waals surface area contributed by atoms with Crippen LogP contribution in [0.15, 0.2) is 47.4 Å². The molecule has 1 saturated heterocycles. The van der Waals surface area contributed by atoms with Crippen molar-refractivity contribution in [1.82, 2.24) is 9.62 Å². The van der Waals surface area contributed by atoms with Gasteiger partial charge in [-0.3, -0.25) is 4.90 Å². The second-order valence-electron chi connectivity index (χ2n) is 7.40. The van der Waals surface area contributed by atoms with Crippen molar-refractivity contribution in [2.24, 2.45) is 0 Å². The van der Waals surface area contributed by atoms with Gasteiger partial charge in [-0.1, -0.05) is 17.7 Å². The zero-order chi connectivity index (χ0) is 21.3. The molecule has 1 fully saturated rings. The SMILES string of the molecule is CCNC(=O)N1CCc2cc(S(=O)(=O)N3CCN(c4cccc(Cl)c4)CC3)ccc21. The lowest BCUT2D eigenvalue weighted by atomic mass is 10.2. The number of carbonyl (C=O) groups is 1. The molecule has 2 aliphatic rings. The van der Waals surface area contributed by atoms with Crippen molar-refractivity contribution in [2.75, 3.05) is 49.1 Å². The molecule has 9 heteroatoms. The maximum absolute atomic E-state index is 13.2. The number of anilines is 2. The van der Waals surface area contributed by atoms with Crippen LogP contribution in [0.5, 0.6) is 0 Å². The highest BCUT2D eigenvalue weighted by Crippen LogP contribution is 2.31. The van der Waals surface area contributed by atoms with E-state index < -0.39 is 10.0 Å². The standard InChI is InChI=1S/C21H25ClN4O3S/c1-2-23-21(27)26-9-8-16-14-19(6-7-20(16)26)30(28,29)25-12-10-24(11-13-25)18-5-3-4-17(22)15-18/h3-7,14-15H,2,8-13H2,1H3,(H,23,27). The summed E-state index contributed by atoms with van der Waals surface area (Å²) in [5, 5.41) is 3.46. The van der Waals surface area contributed by atoms with Crippen molar-refractivity contribution < 1.29 is 13.2 Å². The summed E-state index contributed by atoms with van der Waals surface area (Å²) in [6.07, 6.45) is 0.651. The Hall–Kier alpha value is -2.29. The fraction of sp³-hybridized carbons (Fsp3) is 0.381. The summed E-state index contributed by atoms with van der Waals surface area (Å²) in [7, 11) is -3.58. The molecule has 0 saturated carbocycles. The quantitative estimate of drug-likeness (QED) is 0.780. The molecular weight excluding hydrogens is 424 g/mol. The van der Waals surface area contributed by atoms with Crippen LogP contribution in [-0.4, -0.2) is 58.0 Å². The monoisotopic (exact) mass is 448 g/mol. The van der Waals surface area contributed by atoms with Crippen molar-refractivity contribution >= 4 is 39.0 Å². The molecule has 2 aromatic rings. The van der Waals surface area contributed by atoms with Crippen LogP contribution in [0.1, 0.15) is 12.5 Å². The number of hydrogen-bond donors (Lipinski definition) is 1. The van der Waals surface area contributed by atoms with Gasteiger partial charge in [0.1, 0.15) is 0 Å². The van der Waals surface area contributed by atoms with Gasteiger partial charge >= 0.3 is 6.03 Å². The van der Waals surface area contributed by atoms with Crippen LogP contribution >= 0.6 is 11.6 Å². The van der Waals surface area contributed by atoms with Gasteiger partial charge in [0.05, 0.1) is 4.90 Å². The van der Waals surface area contributed by atoms with Gasteiger partial charge in [0, 0.05) is 55.7 Å². The number of urea groups is 1. The van der Waals surface area contributed by atoms with Crippen molar-refractivity contribution in [2.45, 2.75) is 18.2 Å². The van der Waals surface area contributed by atoms with Gasteiger partial charge in [-0.05, 0) is 55.3 Å². The van der Waals surface area contributed by atoms with Crippen molar-refractivity contribution in [3.63, 3.8) is 0 Å². The van der Waals surface area contributed by atoms with Crippen LogP contribution in [0.2, 0.25) is 5.02 Å². The van der Waals surface area contributed by atoms with E-state index >= 15 is 0 Å². The van der Waals surface area contributed by atoms with Gasteiger partial charge in [0.15, 0.2) is 0 Å². The zero-order valence-electron chi connectivity index (χ0n) is 16.8. The van der Waals surface area contributed by atoms with Crippen LogP contribution < -0.4 is 15.1 Å². The molecule has 2 heterocycles. The Labute approximate surface area is 182 Å². The van der Waals surface area contributed by atoms with Crippen LogP contribution in [0, 0.1) is 0 Å². The number of hydrogen-bond acceptors (Lipinski definition) is 4. The number of nitrogens with one attached hydrogen (secondary N) is 1. The molecule has 0 bridgehead atoms. The van der Waals surface area contributed by atoms with Gasteiger partial charge in [-0.15, -0.1) is 0 Å². The minimum Gasteiger partial charge on any atom is -0.369 e. The number of benzene rings is 2. The molecule has 0 aromatic heterocycles. The predicted octanol–water partition coefficient (Wildman–Crippen LogP) is 2.94. The Kier molecular flexibility index (Phi) is 5.90. The average Bonchev–Trinajstić information content (AvgIpc) is 3.17. The second kappa shape index (κ2) is 8.45. The molecule has 4 rings (SSSR count). The number of amides is 2. The number of sulfonamides is 1. The summed E-state index contributed by atoms with van der Waals surface area (Å²) in [4.78, 5) is 16.3.